The van der Waals surface area contributed by atoms with Crippen molar-refractivity contribution in [3.05, 3.63) is 27.7 Å². The Kier molecular flexibility index (Phi) is 4.41. The number of Topliss-reactive ketones (excluding diaryl/α,β-unsaturated/α-hetero) is 1. The van der Waals surface area contributed by atoms with E-state index in [0.717, 1.165) is 0 Å². The molecule has 5 heteroatoms. The molecule has 0 heterocycles. The Hall–Kier alpha value is -0.970. The molecule has 88 valence electrons. The Morgan fingerprint density at radius 3 is 2.56 bits per heavy atom. The van der Waals surface area contributed by atoms with Crippen molar-refractivity contribution in [2.24, 2.45) is 0 Å². The minimum atomic E-state index is -2.70. The van der Waals surface area contributed by atoms with Crippen LogP contribution in [0, 0.1) is 0 Å². The van der Waals surface area contributed by atoms with Crippen LogP contribution in [0.1, 0.15) is 36.2 Å². The van der Waals surface area contributed by atoms with Gasteiger partial charge in [0.05, 0.1) is 6.61 Å². The van der Waals surface area contributed by atoms with Crippen molar-refractivity contribution < 1.29 is 18.3 Å². The molecular formula is C11H11BrF2O2. The summed E-state index contributed by atoms with van der Waals surface area (Å²) in [5.74, 6) is -0.0695. The lowest BCUT2D eigenvalue weighted by Gasteiger charge is -2.11. The molecule has 1 aromatic carbocycles. The van der Waals surface area contributed by atoms with E-state index >= 15 is 0 Å². The Balaban J connectivity index is 3.33. The van der Waals surface area contributed by atoms with Gasteiger partial charge in [0, 0.05) is 15.6 Å². The maximum absolute atomic E-state index is 12.8. The number of hydrogen-bond donors (Lipinski definition) is 0. The first-order valence-corrected chi connectivity index (χ1v) is 5.52. The number of ketones is 1. The maximum atomic E-state index is 12.8. The van der Waals surface area contributed by atoms with Gasteiger partial charge in [0.2, 0.25) is 0 Å². The molecule has 0 aliphatic heterocycles. The van der Waals surface area contributed by atoms with Gasteiger partial charge in [0.1, 0.15) is 5.75 Å². The average molecular weight is 293 g/mol. The Labute approximate surface area is 101 Å². The molecule has 0 bridgehead atoms. The lowest BCUT2D eigenvalue weighted by Crippen LogP contribution is -2.03. The molecule has 0 atom stereocenters. The number of alkyl halides is 2. The van der Waals surface area contributed by atoms with Crippen LogP contribution in [-0.2, 0) is 0 Å². The Morgan fingerprint density at radius 2 is 2.12 bits per heavy atom. The molecule has 2 nitrogen and oxygen atoms in total. The van der Waals surface area contributed by atoms with Crippen molar-refractivity contribution in [3.8, 4) is 5.75 Å². The molecular weight excluding hydrogens is 282 g/mol. The summed E-state index contributed by atoms with van der Waals surface area (Å²) in [5.41, 5.74) is -0.288. The summed E-state index contributed by atoms with van der Waals surface area (Å²) in [6.45, 7) is 3.40. The number of carbonyl (C=O) groups is 1. The van der Waals surface area contributed by atoms with Crippen LogP contribution < -0.4 is 4.74 Å². The van der Waals surface area contributed by atoms with Crippen molar-refractivity contribution in [2.45, 2.75) is 20.3 Å². The first-order valence-electron chi connectivity index (χ1n) is 4.72. The van der Waals surface area contributed by atoms with Crippen molar-refractivity contribution >= 4 is 21.7 Å². The Morgan fingerprint density at radius 1 is 1.50 bits per heavy atom. The van der Waals surface area contributed by atoms with Crippen LogP contribution in [0.25, 0.3) is 0 Å². The second kappa shape index (κ2) is 5.39. The second-order valence-corrected chi connectivity index (χ2v) is 4.01. The molecule has 0 amide bonds. The molecule has 0 aliphatic carbocycles. The van der Waals surface area contributed by atoms with E-state index in [0.29, 0.717) is 16.8 Å². The third-order valence-corrected chi connectivity index (χ3v) is 2.62. The molecule has 0 saturated heterocycles. The zero-order valence-corrected chi connectivity index (χ0v) is 10.5. The van der Waals surface area contributed by atoms with Gasteiger partial charge in [0.15, 0.2) is 5.78 Å². The summed E-state index contributed by atoms with van der Waals surface area (Å²) >= 11 is 3.10. The van der Waals surface area contributed by atoms with E-state index in [1.165, 1.54) is 19.1 Å². The van der Waals surface area contributed by atoms with Crippen molar-refractivity contribution in [3.63, 3.8) is 0 Å². The number of rotatable bonds is 4. The molecule has 0 aromatic heterocycles. The number of halogens is 3. The standard InChI is InChI=1S/C11H11BrF2O2/c1-3-16-7-4-8(11(13)14)10(6(2)15)9(12)5-7/h4-5,11H,3H2,1-2H3. The fraction of sp³-hybridized carbons (Fsp3) is 0.364. The highest BCUT2D eigenvalue weighted by atomic mass is 79.9. The smallest absolute Gasteiger partial charge is 0.264 e. The van der Waals surface area contributed by atoms with Gasteiger partial charge in [-0.1, -0.05) is 0 Å². The van der Waals surface area contributed by atoms with Gasteiger partial charge in [-0.25, -0.2) is 8.78 Å². The summed E-state index contributed by atoms with van der Waals surface area (Å²) in [7, 11) is 0. The number of ether oxygens (including phenoxy) is 1. The maximum Gasteiger partial charge on any atom is 0.264 e. The van der Waals surface area contributed by atoms with Crippen molar-refractivity contribution in [1.82, 2.24) is 0 Å². The van der Waals surface area contributed by atoms with E-state index in [2.05, 4.69) is 15.9 Å². The molecule has 0 saturated carbocycles. The third-order valence-electron chi connectivity index (χ3n) is 1.99. The van der Waals surface area contributed by atoms with Gasteiger partial charge >= 0.3 is 0 Å². The largest absolute Gasteiger partial charge is 0.494 e. The fourth-order valence-corrected chi connectivity index (χ4v) is 2.13. The second-order valence-electron chi connectivity index (χ2n) is 3.16. The van der Waals surface area contributed by atoms with Crippen molar-refractivity contribution in [2.75, 3.05) is 6.61 Å². The third kappa shape index (κ3) is 2.78. The molecule has 1 rings (SSSR count). The molecule has 0 aliphatic rings. The first-order chi connectivity index (χ1) is 7.47. The highest BCUT2D eigenvalue weighted by Gasteiger charge is 2.20. The van der Waals surface area contributed by atoms with E-state index in [9.17, 15) is 13.6 Å². The van der Waals surface area contributed by atoms with Gasteiger partial charge < -0.3 is 4.74 Å². The zero-order valence-electron chi connectivity index (χ0n) is 8.89. The molecule has 16 heavy (non-hydrogen) atoms. The highest BCUT2D eigenvalue weighted by Crippen LogP contribution is 2.33. The van der Waals surface area contributed by atoms with Crippen molar-refractivity contribution in [1.29, 1.82) is 0 Å². The number of benzene rings is 1. The van der Waals surface area contributed by atoms with Gasteiger partial charge in [0.25, 0.3) is 6.43 Å². The zero-order chi connectivity index (χ0) is 12.3. The molecule has 0 spiro atoms. The van der Waals surface area contributed by atoms with Crippen LogP contribution in [0.4, 0.5) is 8.78 Å². The summed E-state index contributed by atoms with van der Waals surface area (Å²) < 4.78 is 31.0. The molecule has 0 radical (unpaired) electrons. The minimum absolute atomic E-state index is 0.0125. The number of hydrogen-bond acceptors (Lipinski definition) is 2. The summed E-state index contributed by atoms with van der Waals surface area (Å²) in [6, 6.07) is 2.72. The van der Waals surface area contributed by atoms with Gasteiger partial charge in [-0.15, -0.1) is 0 Å². The van der Waals surface area contributed by atoms with E-state index in [1.807, 2.05) is 0 Å². The normalized spacial score (nSPS) is 10.6. The minimum Gasteiger partial charge on any atom is -0.494 e. The first kappa shape index (κ1) is 13.1. The van der Waals surface area contributed by atoms with E-state index in [-0.39, 0.29) is 11.1 Å². The monoisotopic (exact) mass is 292 g/mol. The van der Waals surface area contributed by atoms with Crippen LogP contribution >= 0.6 is 15.9 Å². The predicted molar refractivity (Wildman–Crippen MR) is 60.3 cm³/mol. The van der Waals surface area contributed by atoms with Crippen LogP contribution in [0.15, 0.2) is 16.6 Å². The van der Waals surface area contributed by atoms with E-state index < -0.39 is 12.2 Å². The molecule has 1 aromatic rings. The van der Waals surface area contributed by atoms with Crippen LogP contribution in [0.5, 0.6) is 5.75 Å². The fourth-order valence-electron chi connectivity index (χ4n) is 1.40. The van der Waals surface area contributed by atoms with Crippen LogP contribution in [0.3, 0.4) is 0 Å². The van der Waals surface area contributed by atoms with E-state index in [1.54, 1.807) is 6.92 Å². The molecule has 0 N–H and O–H groups in total. The lowest BCUT2D eigenvalue weighted by atomic mass is 10.0. The molecule has 0 unspecified atom stereocenters. The average Bonchev–Trinajstić information content (AvgIpc) is 2.16. The van der Waals surface area contributed by atoms with Gasteiger partial charge in [-0.05, 0) is 41.9 Å². The number of carbonyl (C=O) groups excluding carboxylic acids is 1. The van der Waals surface area contributed by atoms with Crippen LogP contribution in [0.2, 0.25) is 0 Å². The highest BCUT2D eigenvalue weighted by molar-refractivity contribution is 9.10. The summed E-state index contributed by atoms with van der Waals surface area (Å²) in [4.78, 5) is 11.3. The summed E-state index contributed by atoms with van der Waals surface area (Å²) in [6.07, 6.45) is -2.70. The Bertz CT molecular complexity index is 405. The molecule has 0 fully saturated rings. The van der Waals surface area contributed by atoms with Gasteiger partial charge in [-0.2, -0.15) is 0 Å². The lowest BCUT2D eigenvalue weighted by molar-refractivity contribution is 0.0998. The SMILES string of the molecule is CCOc1cc(Br)c(C(C)=O)c(C(F)F)c1. The van der Waals surface area contributed by atoms with Crippen LogP contribution in [-0.4, -0.2) is 12.4 Å². The predicted octanol–water partition coefficient (Wildman–Crippen LogP) is 3.99. The summed E-state index contributed by atoms with van der Waals surface area (Å²) in [5, 5.41) is 0. The quantitative estimate of drug-likeness (QED) is 0.785. The van der Waals surface area contributed by atoms with Gasteiger partial charge in [-0.3, -0.25) is 4.79 Å². The topological polar surface area (TPSA) is 26.3 Å². The van der Waals surface area contributed by atoms with E-state index in [4.69, 9.17) is 4.74 Å².